The van der Waals surface area contributed by atoms with Crippen LogP contribution in [0.15, 0.2) is 47.5 Å². The number of rotatable bonds is 1. The lowest BCUT2D eigenvalue weighted by Gasteiger charge is -1.97. The Labute approximate surface area is 125 Å². The first-order valence-corrected chi connectivity index (χ1v) is 7.27. The molecule has 0 fully saturated rings. The van der Waals surface area contributed by atoms with E-state index in [2.05, 4.69) is 4.99 Å². The van der Waals surface area contributed by atoms with E-state index in [1.54, 1.807) is 22.8 Å². The normalized spacial score (nSPS) is 12.0. The lowest BCUT2D eigenvalue weighted by atomic mass is 10.1. The topological polar surface area (TPSA) is 34.4 Å². The first-order chi connectivity index (χ1) is 10.0. The van der Waals surface area contributed by atoms with Crippen molar-refractivity contribution in [1.82, 2.24) is 4.57 Å². The Morgan fingerprint density at radius 2 is 1.90 bits per heavy atom. The molecule has 3 rings (SSSR count). The van der Waals surface area contributed by atoms with Crippen LogP contribution in [-0.4, -0.2) is 10.5 Å². The molecule has 3 nitrogen and oxygen atoms in total. The van der Waals surface area contributed by atoms with E-state index in [4.69, 9.17) is 0 Å². The summed E-state index contributed by atoms with van der Waals surface area (Å²) in [6.45, 7) is 1.96. The minimum absolute atomic E-state index is 0.291. The molecule has 1 amide bonds. The second kappa shape index (κ2) is 5.26. The molecule has 0 radical (unpaired) electrons. The molecule has 0 saturated carbocycles. The van der Waals surface area contributed by atoms with Crippen molar-refractivity contribution in [3.05, 3.63) is 64.2 Å². The second-order valence-electron chi connectivity index (χ2n) is 4.84. The highest BCUT2D eigenvalue weighted by molar-refractivity contribution is 7.16. The summed E-state index contributed by atoms with van der Waals surface area (Å²) in [4.78, 5) is 16.9. The quantitative estimate of drug-likeness (QED) is 0.678. The van der Waals surface area contributed by atoms with E-state index in [1.165, 1.54) is 23.5 Å². The number of fused-ring (bicyclic) bond motifs is 1. The van der Waals surface area contributed by atoms with Gasteiger partial charge in [-0.1, -0.05) is 29.0 Å². The number of halogens is 1. The van der Waals surface area contributed by atoms with Crippen molar-refractivity contribution in [3.63, 3.8) is 0 Å². The van der Waals surface area contributed by atoms with Gasteiger partial charge in [0.05, 0.1) is 10.2 Å². The predicted molar refractivity (Wildman–Crippen MR) is 81.8 cm³/mol. The zero-order valence-electron chi connectivity index (χ0n) is 11.6. The highest BCUT2D eigenvalue weighted by Gasteiger charge is 2.07. The van der Waals surface area contributed by atoms with E-state index in [0.717, 1.165) is 15.8 Å². The van der Waals surface area contributed by atoms with E-state index in [1.807, 2.05) is 26.1 Å². The third kappa shape index (κ3) is 2.64. The van der Waals surface area contributed by atoms with Crippen LogP contribution in [0, 0.1) is 12.7 Å². The Bertz CT molecular complexity index is 891. The number of aryl methyl sites for hydroxylation is 2. The molecule has 5 heteroatoms. The Kier molecular flexibility index (Phi) is 3.43. The number of hydrogen-bond acceptors (Lipinski definition) is 2. The number of aromatic nitrogens is 1. The van der Waals surface area contributed by atoms with Crippen LogP contribution >= 0.6 is 11.3 Å². The fraction of sp³-hybridized carbons (Fsp3) is 0.125. The third-order valence-corrected chi connectivity index (χ3v) is 4.36. The summed E-state index contributed by atoms with van der Waals surface area (Å²) in [6.07, 6.45) is 0. The number of benzene rings is 2. The fourth-order valence-electron chi connectivity index (χ4n) is 2.06. The standard InChI is InChI=1S/C16H13FN2OS/c1-10-3-5-11(6-4-10)15(20)18-16-19(2)13-8-7-12(17)9-14(13)21-16/h3-9H,1-2H3. The van der Waals surface area contributed by atoms with Gasteiger partial charge in [0, 0.05) is 12.6 Å². The average molecular weight is 300 g/mol. The van der Waals surface area contributed by atoms with Gasteiger partial charge in [-0.05, 0) is 37.3 Å². The van der Waals surface area contributed by atoms with Crippen LogP contribution in [0.25, 0.3) is 10.2 Å². The number of hydrogen-bond donors (Lipinski definition) is 0. The summed E-state index contributed by atoms with van der Waals surface area (Å²) in [7, 11) is 1.82. The monoisotopic (exact) mass is 300 g/mol. The number of thiazole rings is 1. The molecule has 0 aliphatic heterocycles. The van der Waals surface area contributed by atoms with Gasteiger partial charge in [-0.2, -0.15) is 4.99 Å². The summed E-state index contributed by atoms with van der Waals surface area (Å²) in [5.41, 5.74) is 2.50. The number of nitrogens with zero attached hydrogens (tertiary/aromatic N) is 2. The summed E-state index contributed by atoms with van der Waals surface area (Å²) < 4.78 is 15.8. The first-order valence-electron chi connectivity index (χ1n) is 6.45. The number of amides is 1. The van der Waals surface area contributed by atoms with E-state index in [0.29, 0.717) is 10.4 Å². The molecular formula is C16H13FN2OS. The smallest absolute Gasteiger partial charge is 0.279 e. The molecule has 0 aliphatic carbocycles. The van der Waals surface area contributed by atoms with Crippen LogP contribution in [0.5, 0.6) is 0 Å². The minimum atomic E-state index is -0.294. The van der Waals surface area contributed by atoms with Crippen LogP contribution in [-0.2, 0) is 7.05 Å². The Morgan fingerprint density at radius 3 is 2.62 bits per heavy atom. The van der Waals surface area contributed by atoms with Crippen molar-refractivity contribution in [2.45, 2.75) is 6.92 Å². The molecule has 21 heavy (non-hydrogen) atoms. The lowest BCUT2D eigenvalue weighted by molar-refractivity contribution is 0.0998. The SMILES string of the molecule is Cc1ccc(C(=O)N=c2sc3cc(F)ccc3n2C)cc1. The molecular weight excluding hydrogens is 287 g/mol. The molecule has 1 heterocycles. The van der Waals surface area contributed by atoms with Gasteiger partial charge in [0.25, 0.3) is 5.91 Å². The molecule has 0 aliphatic rings. The van der Waals surface area contributed by atoms with Gasteiger partial charge < -0.3 is 4.57 Å². The van der Waals surface area contributed by atoms with Crippen molar-refractivity contribution >= 4 is 27.5 Å². The maximum Gasteiger partial charge on any atom is 0.279 e. The Morgan fingerprint density at radius 1 is 1.19 bits per heavy atom. The van der Waals surface area contributed by atoms with E-state index in [-0.39, 0.29) is 11.7 Å². The van der Waals surface area contributed by atoms with Gasteiger partial charge in [0.2, 0.25) is 0 Å². The van der Waals surface area contributed by atoms with Gasteiger partial charge >= 0.3 is 0 Å². The van der Waals surface area contributed by atoms with Crippen molar-refractivity contribution in [2.75, 3.05) is 0 Å². The second-order valence-corrected chi connectivity index (χ2v) is 5.85. The Balaban J connectivity index is 2.09. The lowest BCUT2D eigenvalue weighted by Crippen LogP contribution is -2.13. The van der Waals surface area contributed by atoms with Crippen LogP contribution in [0.4, 0.5) is 4.39 Å². The van der Waals surface area contributed by atoms with Crippen LogP contribution in [0.1, 0.15) is 15.9 Å². The van der Waals surface area contributed by atoms with Gasteiger partial charge in [0.1, 0.15) is 5.82 Å². The van der Waals surface area contributed by atoms with E-state index >= 15 is 0 Å². The average Bonchev–Trinajstić information content (AvgIpc) is 2.75. The number of carbonyl (C=O) groups is 1. The highest BCUT2D eigenvalue weighted by atomic mass is 32.1. The maximum absolute atomic E-state index is 13.2. The van der Waals surface area contributed by atoms with Crippen molar-refractivity contribution in [1.29, 1.82) is 0 Å². The highest BCUT2D eigenvalue weighted by Crippen LogP contribution is 2.17. The van der Waals surface area contributed by atoms with Gasteiger partial charge in [-0.3, -0.25) is 4.79 Å². The number of carbonyl (C=O) groups excluding carboxylic acids is 1. The summed E-state index contributed by atoms with van der Waals surface area (Å²) >= 11 is 1.30. The summed E-state index contributed by atoms with van der Waals surface area (Å²) in [5.74, 6) is -0.585. The van der Waals surface area contributed by atoms with Gasteiger partial charge in [-0.15, -0.1) is 0 Å². The molecule has 0 spiro atoms. The van der Waals surface area contributed by atoms with E-state index in [9.17, 15) is 9.18 Å². The molecule has 0 atom stereocenters. The van der Waals surface area contributed by atoms with Crippen molar-refractivity contribution in [2.24, 2.45) is 12.0 Å². The molecule has 0 bridgehead atoms. The van der Waals surface area contributed by atoms with Gasteiger partial charge in [-0.25, -0.2) is 4.39 Å². The van der Waals surface area contributed by atoms with Gasteiger partial charge in [0.15, 0.2) is 4.80 Å². The van der Waals surface area contributed by atoms with E-state index < -0.39 is 0 Å². The summed E-state index contributed by atoms with van der Waals surface area (Å²) in [5, 5.41) is 0. The zero-order chi connectivity index (χ0) is 15.0. The largest absolute Gasteiger partial charge is 0.319 e. The summed E-state index contributed by atoms with van der Waals surface area (Å²) in [6, 6.07) is 11.8. The molecule has 0 N–H and O–H groups in total. The molecule has 1 aromatic heterocycles. The zero-order valence-corrected chi connectivity index (χ0v) is 12.4. The first kappa shape index (κ1) is 13.7. The van der Waals surface area contributed by atoms with Crippen LogP contribution < -0.4 is 4.80 Å². The minimum Gasteiger partial charge on any atom is -0.319 e. The molecule has 3 aromatic rings. The molecule has 0 unspecified atom stereocenters. The molecule has 2 aromatic carbocycles. The Hall–Kier alpha value is -2.27. The van der Waals surface area contributed by atoms with Crippen LogP contribution in [0.2, 0.25) is 0 Å². The van der Waals surface area contributed by atoms with Crippen molar-refractivity contribution < 1.29 is 9.18 Å². The van der Waals surface area contributed by atoms with Crippen LogP contribution in [0.3, 0.4) is 0 Å². The molecule has 106 valence electrons. The molecule has 0 saturated heterocycles. The predicted octanol–water partition coefficient (Wildman–Crippen LogP) is 3.43. The maximum atomic E-state index is 13.2. The third-order valence-electron chi connectivity index (χ3n) is 3.27. The van der Waals surface area contributed by atoms with Crippen molar-refractivity contribution in [3.8, 4) is 0 Å². The fourth-order valence-corrected chi connectivity index (χ4v) is 3.10.